The maximum Gasteiger partial charge on any atom is 0.241 e. The molecule has 0 aliphatic carbocycles. The van der Waals surface area contributed by atoms with E-state index in [9.17, 15) is 0 Å². The summed E-state index contributed by atoms with van der Waals surface area (Å²) in [6.07, 6.45) is 19.8. The molecule has 0 saturated heterocycles. The van der Waals surface area contributed by atoms with Crippen LogP contribution in [0.25, 0.3) is 0 Å². The van der Waals surface area contributed by atoms with Gasteiger partial charge in [-0.3, -0.25) is 4.98 Å². The third-order valence-electron chi connectivity index (χ3n) is 5.43. The second kappa shape index (κ2) is 11.9. The minimum absolute atomic E-state index is 0.589. The molecule has 2 rings (SSSR count). The first-order valence-corrected chi connectivity index (χ1v) is 10.4. The number of hydrogen-bond donors (Lipinski definition) is 1. The molecule has 0 bridgehead atoms. The Hall–Kier alpha value is -1.57. The third-order valence-corrected chi connectivity index (χ3v) is 5.43. The van der Waals surface area contributed by atoms with Crippen LogP contribution in [0.5, 0.6) is 0 Å². The molecule has 0 amide bonds. The standard InChI is InChI=1S/C23H36N2/c1-3-5-6-7-8-9-13-16-22(19-21-14-11-10-12-15-21)23(4-2)25-18-17-24-20-25/h10-12,14-15,17-18,20,22-23H,3-9,13,16,19H2,1-2H3/p+1. The van der Waals surface area contributed by atoms with Crippen molar-refractivity contribution < 1.29 is 4.57 Å². The molecular formula is C23H37N2+. The second-order valence-electron chi connectivity index (χ2n) is 7.39. The second-order valence-corrected chi connectivity index (χ2v) is 7.39. The highest BCUT2D eigenvalue weighted by Gasteiger charge is 2.25. The lowest BCUT2D eigenvalue weighted by molar-refractivity contribution is -0.729. The van der Waals surface area contributed by atoms with E-state index in [1.165, 1.54) is 69.8 Å². The summed E-state index contributed by atoms with van der Waals surface area (Å²) in [7, 11) is 0. The summed E-state index contributed by atoms with van der Waals surface area (Å²) in [5, 5.41) is 0. The number of aromatic nitrogens is 2. The van der Waals surface area contributed by atoms with Gasteiger partial charge in [-0.1, -0.05) is 89.1 Å². The van der Waals surface area contributed by atoms with Gasteiger partial charge in [-0.25, -0.2) is 4.57 Å². The van der Waals surface area contributed by atoms with Crippen molar-refractivity contribution in [2.24, 2.45) is 5.92 Å². The lowest BCUT2D eigenvalue weighted by Crippen LogP contribution is -2.42. The molecule has 2 heteroatoms. The summed E-state index contributed by atoms with van der Waals surface area (Å²) in [4.78, 5) is 3.22. The van der Waals surface area contributed by atoms with Crippen molar-refractivity contribution in [2.75, 3.05) is 0 Å². The minimum Gasteiger partial charge on any atom is -0.250 e. The van der Waals surface area contributed by atoms with Gasteiger partial charge in [0.05, 0.1) is 0 Å². The average Bonchev–Trinajstić information content (AvgIpc) is 3.16. The van der Waals surface area contributed by atoms with E-state index >= 15 is 0 Å². The number of imidazole rings is 1. The maximum absolute atomic E-state index is 3.22. The van der Waals surface area contributed by atoms with Crippen LogP contribution >= 0.6 is 0 Å². The Labute approximate surface area is 154 Å². The largest absolute Gasteiger partial charge is 0.250 e. The van der Waals surface area contributed by atoms with Crippen LogP contribution in [0.1, 0.15) is 83.2 Å². The van der Waals surface area contributed by atoms with Crippen molar-refractivity contribution >= 4 is 0 Å². The van der Waals surface area contributed by atoms with Crippen LogP contribution in [0.15, 0.2) is 49.1 Å². The van der Waals surface area contributed by atoms with Gasteiger partial charge >= 0.3 is 0 Å². The molecule has 1 heterocycles. The van der Waals surface area contributed by atoms with Crippen molar-refractivity contribution in [1.82, 2.24) is 4.98 Å². The van der Waals surface area contributed by atoms with Gasteiger partial charge in [0, 0.05) is 5.92 Å². The highest BCUT2D eigenvalue weighted by Crippen LogP contribution is 2.26. The van der Waals surface area contributed by atoms with Crippen LogP contribution in [-0.2, 0) is 6.42 Å². The summed E-state index contributed by atoms with van der Waals surface area (Å²) in [5.74, 6) is 0.712. The predicted molar refractivity (Wildman–Crippen MR) is 107 cm³/mol. The molecule has 2 nitrogen and oxygen atoms in total. The quantitative estimate of drug-likeness (QED) is 0.328. The summed E-state index contributed by atoms with van der Waals surface area (Å²) < 4.78 is 2.38. The molecule has 0 aliphatic rings. The molecule has 2 unspecified atom stereocenters. The molecule has 2 aromatic rings. The molecule has 138 valence electrons. The van der Waals surface area contributed by atoms with Gasteiger partial charge in [-0.2, -0.15) is 0 Å². The third kappa shape index (κ3) is 7.05. The van der Waals surface area contributed by atoms with E-state index in [4.69, 9.17) is 0 Å². The lowest BCUT2D eigenvalue weighted by Gasteiger charge is -2.24. The van der Waals surface area contributed by atoms with Gasteiger partial charge in [-0.15, -0.1) is 0 Å². The van der Waals surface area contributed by atoms with Crippen LogP contribution in [0.3, 0.4) is 0 Å². The summed E-state index contributed by atoms with van der Waals surface area (Å²) in [6, 6.07) is 11.6. The summed E-state index contributed by atoms with van der Waals surface area (Å²) in [5.41, 5.74) is 1.48. The van der Waals surface area contributed by atoms with Gasteiger partial charge in [0.15, 0.2) is 0 Å². The monoisotopic (exact) mass is 341 g/mol. The highest BCUT2D eigenvalue weighted by atomic mass is 15.1. The zero-order chi connectivity index (χ0) is 17.7. The van der Waals surface area contributed by atoms with E-state index in [2.05, 4.69) is 66.3 Å². The first-order valence-electron chi connectivity index (χ1n) is 10.4. The fourth-order valence-corrected chi connectivity index (χ4v) is 4.01. The molecule has 0 aliphatic heterocycles. The van der Waals surface area contributed by atoms with Gasteiger partial charge in [-0.05, 0) is 24.8 Å². The normalized spacial score (nSPS) is 13.7. The SMILES string of the molecule is CCCCCCCCCC(Cc1ccccc1)C(CC)[n+]1cc[nH]c1. The smallest absolute Gasteiger partial charge is 0.241 e. The Bertz CT molecular complexity index is 532. The van der Waals surface area contributed by atoms with E-state index in [-0.39, 0.29) is 0 Å². The number of benzene rings is 1. The topological polar surface area (TPSA) is 19.7 Å². The van der Waals surface area contributed by atoms with Gasteiger partial charge in [0.1, 0.15) is 18.4 Å². The van der Waals surface area contributed by atoms with E-state index in [0.29, 0.717) is 12.0 Å². The van der Waals surface area contributed by atoms with E-state index < -0.39 is 0 Å². The van der Waals surface area contributed by atoms with Crippen LogP contribution in [0, 0.1) is 5.92 Å². The molecule has 25 heavy (non-hydrogen) atoms. The first kappa shape index (κ1) is 19.8. The lowest BCUT2D eigenvalue weighted by atomic mass is 9.86. The highest BCUT2D eigenvalue weighted by molar-refractivity contribution is 5.15. The Morgan fingerprint density at radius 3 is 2.28 bits per heavy atom. The Balaban J connectivity index is 1.90. The Kier molecular flexibility index (Phi) is 9.40. The fourth-order valence-electron chi connectivity index (χ4n) is 4.01. The van der Waals surface area contributed by atoms with Crippen LogP contribution < -0.4 is 4.57 Å². The number of H-pyrrole nitrogens is 1. The average molecular weight is 342 g/mol. The van der Waals surface area contributed by atoms with E-state index in [1.807, 2.05) is 6.20 Å². The molecule has 0 radical (unpaired) electrons. The number of nitrogens with one attached hydrogen (secondary N) is 1. The molecule has 1 N–H and O–H groups in total. The van der Waals surface area contributed by atoms with Crippen molar-refractivity contribution in [3.63, 3.8) is 0 Å². The minimum atomic E-state index is 0.589. The van der Waals surface area contributed by atoms with Crippen LogP contribution in [-0.4, -0.2) is 4.98 Å². The van der Waals surface area contributed by atoms with Crippen molar-refractivity contribution in [1.29, 1.82) is 0 Å². The zero-order valence-electron chi connectivity index (χ0n) is 16.3. The zero-order valence-corrected chi connectivity index (χ0v) is 16.3. The number of unbranched alkanes of at least 4 members (excludes halogenated alkanes) is 6. The molecule has 0 saturated carbocycles. The van der Waals surface area contributed by atoms with Crippen molar-refractivity contribution in [3.8, 4) is 0 Å². The van der Waals surface area contributed by atoms with E-state index in [0.717, 1.165) is 0 Å². The van der Waals surface area contributed by atoms with Gasteiger partial charge in [0.2, 0.25) is 6.33 Å². The number of aromatic amines is 1. The molecule has 2 atom stereocenters. The predicted octanol–water partition coefficient (Wildman–Crippen LogP) is 6.25. The molecular weight excluding hydrogens is 304 g/mol. The molecule has 1 aromatic heterocycles. The molecule has 1 aromatic carbocycles. The number of nitrogens with zero attached hydrogens (tertiary/aromatic N) is 1. The van der Waals surface area contributed by atoms with Gasteiger partial charge < -0.3 is 0 Å². The fraction of sp³-hybridized carbons (Fsp3) is 0.609. The van der Waals surface area contributed by atoms with Crippen molar-refractivity contribution in [2.45, 2.75) is 84.1 Å². The van der Waals surface area contributed by atoms with Gasteiger partial charge in [0.25, 0.3) is 0 Å². The number of hydrogen-bond acceptors (Lipinski definition) is 0. The Morgan fingerprint density at radius 2 is 1.64 bits per heavy atom. The summed E-state index contributed by atoms with van der Waals surface area (Å²) in [6.45, 7) is 4.62. The first-order chi connectivity index (χ1) is 12.3. The molecule has 0 spiro atoms. The maximum atomic E-state index is 3.22. The van der Waals surface area contributed by atoms with Crippen molar-refractivity contribution in [3.05, 3.63) is 54.6 Å². The summed E-state index contributed by atoms with van der Waals surface area (Å²) >= 11 is 0. The number of rotatable bonds is 13. The molecule has 0 fully saturated rings. The van der Waals surface area contributed by atoms with E-state index in [1.54, 1.807) is 0 Å². The Morgan fingerprint density at radius 1 is 0.920 bits per heavy atom. The van der Waals surface area contributed by atoms with Crippen LogP contribution in [0.4, 0.5) is 0 Å². The van der Waals surface area contributed by atoms with Crippen LogP contribution in [0.2, 0.25) is 0 Å².